The first kappa shape index (κ1) is 14.1. The fraction of sp³-hybridized carbons (Fsp3) is 0.133. The average Bonchev–Trinajstić information content (AvgIpc) is 2.45. The summed E-state index contributed by atoms with van der Waals surface area (Å²) in [5.74, 6) is -2.38. The number of nitrogens with one attached hydrogen (secondary N) is 1. The third-order valence-corrected chi connectivity index (χ3v) is 2.82. The first-order chi connectivity index (χ1) is 9.58. The van der Waals surface area contributed by atoms with Crippen LogP contribution in [0.4, 0.5) is 8.78 Å². The van der Waals surface area contributed by atoms with Gasteiger partial charge in [-0.15, -0.1) is 0 Å². The third kappa shape index (κ3) is 3.39. The smallest absolute Gasteiger partial charge is 0.254 e. The molecular weight excluding hydrogens is 264 g/mol. The quantitative estimate of drug-likeness (QED) is 0.901. The van der Waals surface area contributed by atoms with E-state index in [1.165, 1.54) is 0 Å². The lowest BCUT2D eigenvalue weighted by atomic mass is 10.1. The molecule has 0 aliphatic rings. The van der Waals surface area contributed by atoms with Crippen LogP contribution in [0, 0.1) is 11.6 Å². The Kier molecular flexibility index (Phi) is 4.42. The Hall–Kier alpha value is -2.27. The van der Waals surface area contributed by atoms with Gasteiger partial charge in [-0.1, -0.05) is 30.3 Å². The van der Waals surface area contributed by atoms with Gasteiger partial charge in [0.2, 0.25) is 0 Å². The van der Waals surface area contributed by atoms with E-state index in [0.717, 1.165) is 12.1 Å². The van der Waals surface area contributed by atoms with Crippen LogP contribution in [-0.4, -0.2) is 17.6 Å². The van der Waals surface area contributed by atoms with E-state index in [-0.39, 0.29) is 12.1 Å². The van der Waals surface area contributed by atoms with E-state index in [1.54, 1.807) is 24.3 Å². The van der Waals surface area contributed by atoms with Gasteiger partial charge in [0.25, 0.3) is 5.91 Å². The monoisotopic (exact) mass is 277 g/mol. The van der Waals surface area contributed by atoms with Gasteiger partial charge in [0.05, 0.1) is 11.7 Å². The highest BCUT2D eigenvalue weighted by atomic mass is 19.1. The van der Waals surface area contributed by atoms with Crippen LogP contribution in [0.5, 0.6) is 0 Å². The third-order valence-electron chi connectivity index (χ3n) is 2.82. The van der Waals surface area contributed by atoms with Crippen LogP contribution < -0.4 is 5.32 Å². The Morgan fingerprint density at radius 3 is 2.50 bits per heavy atom. The second-order valence-corrected chi connectivity index (χ2v) is 4.26. The van der Waals surface area contributed by atoms with Gasteiger partial charge in [-0.25, -0.2) is 8.78 Å². The molecule has 0 aromatic heterocycles. The summed E-state index contributed by atoms with van der Waals surface area (Å²) in [6, 6.07) is 11.5. The van der Waals surface area contributed by atoms with Crippen LogP contribution >= 0.6 is 0 Å². The molecule has 1 atom stereocenters. The molecule has 0 heterocycles. The largest absolute Gasteiger partial charge is 0.387 e. The fourth-order valence-corrected chi connectivity index (χ4v) is 1.75. The molecule has 0 spiro atoms. The number of carbonyl (C=O) groups excluding carboxylic acids is 1. The van der Waals surface area contributed by atoms with Crippen molar-refractivity contribution >= 4 is 5.91 Å². The summed E-state index contributed by atoms with van der Waals surface area (Å²) >= 11 is 0. The predicted octanol–water partition coefficient (Wildman–Crippen LogP) is 2.43. The van der Waals surface area contributed by atoms with Gasteiger partial charge in [-0.2, -0.15) is 0 Å². The summed E-state index contributed by atoms with van der Waals surface area (Å²) in [6.07, 6.45) is -0.886. The Labute approximate surface area is 114 Å². The minimum absolute atomic E-state index is 0.0559. The Bertz CT molecular complexity index is 602. The van der Waals surface area contributed by atoms with Crippen LogP contribution in [0.2, 0.25) is 0 Å². The molecule has 2 aromatic rings. The summed E-state index contributed by atoms with van der Waals surface area (Å²) in [7, 11) is 0. The first-order valence-electron chi connectivity index (χ1n) is 6.04. The molecule has 1 amide bonds. The number of amides is 1. The molecule has 0 aliphatic heterocycles. The number of aliphatic hydroxyl groups is 1. The van der Waals surface area contributed by atoms with Crippen molar-refractivity contribution in [1.29, 1.82) is 0 Å². The number of benzene rings is 2. The number of hydrogen-bond acceptors (Lipinski definition) is 2. The minimum atomic E-state index is -0.934. The van der Waals surface area contributed by atoms with Gasteiger partial charge in [0.1, 0.15) is 11.6 Å². The molecule has 0 unspecified atom stereocenters. The molecule has 0 radical (unpaired) electrons. The average molecular weight is 277 g/mol. The number of halogens is 2. The molecule has 2 rings (SSSR count). The molecule has 3 nitrogen and oxygen atoms in total. The molecule has 0 aliphatic carbocycles. The number of aliphatic hydroxyl groups excluding tert-OH is 1. The number of hydrogen-bond donors (Lipinski definition) is 2. The van der Waals surface area contributed by atoms with Gasteiger partial charge in [-0.05, 0) is 17.7 Å². The summed E-state index contributed by atoms with van der Waals surface area (Å²) in [5, 5.41) is 12.3. The van der Waals surface area contributed by atoms with E-state index >= 15 is 0 Å². The maximum Gasteiger partial charge on any atom is 0.254 e. The lowest BCUT2D eigenvalue weighted by Gasteiger charge is -2.12. The standard InChI is InChI=1S/C15H13F2NO2/c16-11-6-7-12(13(17)8-11)15(20)18-9-14(19)10-4-2-1-3-5-10/h1-8,14,19H,9H2,(H,18,20)/t14-/m1/s1. The van der Waals surface area contributed by atoms with Crippen LogP contribution in [-0.2, 0) is 0 Å². The van der Waals surface area contributed by atoms with Gasteiger partial charge in [0, 0.05) is 12.6 Å². The van der Waals surface area contributed by atoms with E-state index in [2.05, 4.69) is 5.32 Å². The molecular formula is C15H13F2NO2. The van der Waals surface area contributed by atoms with Crippen molar-refractivity contribution in [2.24, 2.45) is 0 Å². The topological polar surface area (TPSA) is 49.3 Å². The molecule has 2 N–H and O–H groups in total. The second kappa shape index (κ2) is 6.25. The maximum atomic E-state index is 13.4. The fourth-order valence-electron chi connectivity index (χ4n) is 1.75. The Balaban J connectivity index is 1.99. The van der Waals surface area contributed by atoms with E-state index in [0.29, 0.717) is 11.6 Å². The van der Waals surface area contributed by atoms with Crippen molar-refractivity contribution in [3.8, 4) is 0 Å². The minimum Gasteiger partial charge on any atom is -0.387 e. The second-order valence-electron chi connectivity index (χ2n) is 4.26. The maximum absolute atomic E-state index is 13.4. The molecule has 0 fully saturated rings. The van der Waals surface area contributed by atoms with Crippen molar-refractivity contribution in [2.75, 3.05) is 6.54 Å². The van der Waals surface area contributed by atoms with Crippen molar-refractivity contribution in [3.05, 3.63) is 71.3 Å². The molecule has 0 saturated heterocycles. The number of rotatable bonds is 4. The van der Waals surface area contributed by atoms with E-state index in [1.807, 2.05) is 6.07 Å². The van der Waals surface area contributed by atoms with Gasteiger partial charge >= 0.3 is 0 Å². The van der Waals surface area contributed by atoms with Crippen molar-refractivity contribution in [3.63, 3.8) is 0 Å². The van der Waals surface area contributed by atoms with Crippen molar-refractivity contribution < 1.29 is 18.7 Å². The SMILES string of the molecule is O=C(NC[C@@H](O)c1ccccc1)c1ccc(F)cc1F. The van der Waals surface area contributed by atoms with Gasteiger partial charge in [-0.3, -0.25) is 4.79 Å². The zero-order chi connectivity index (χ0) is 14.5. The molecule has 2 aromatic carbocycles. The first-order valence-corrected chi connectivity index (χ1v) is 6.04. The zero-order valence-corrected chi connectivity index (χ0v) is 10.5. The zero-order valence-electron chi connectivity index (χ0n) is 10.5. The number of carbonyl (C=O) groups is 1. The van der Waals surface area contributed by atoms with Crippen molar-refractivity contribution in [1.82, 2.24) is 5.32 Å². The lowest BCUT2D eigenvalue weighted by molar-refractivity contribution is 0.0912. The highest BCUT2D eigenvalue weighted by Crippen LogP contribution is 2.12. The summed E-state index contributed by atoms with van der Waals surface area (Å²) < 4.78 is 26.1. The lowest BCUT2D eigenvalue weighted by Crippen LogP contribution is -2.29. The van der Waals surface area contributed by atoms with E-state index < -0.39 is 23.6 Å². The summed E-state index contributed by atoms with van der Waals surface area (Å²) in [4.78, 5) is 11.7. The molecule has 104 valence electrons. The Morgan fingerprint density at radius 2 is 1.85 bits per heavy atom. The molecule has 0 saturated carbocycles. The van der Waals surface area contributed by atoms with Crippen LogP contribution in [0.15, 0.2) is 48.5 Å². The van der Waals surface area contributed by atoms with Crippen LogP contribution in [0.25, 0.3) is 0 Å². The van der Waals surface area contributed by atoms with Gasteiger partial charge < -0.3 is 10.4 Å². The highest BCUT2D eigenvalue weighted by Gasteiger charge is 2.14. The van der Waals surface area contributed by atoms with Gasteiger partial charge in [0.15, 0.2) is 0 Å². The van der Waals surface area contributed by atoms with E-state index in [4.69, 9.17) is 0 Å². The molecule has 20 heavy (non-hydrogen) atoms. The molecule has 0 bridgehead atoms. The van der Waals surface area contributed by atoms with E-state index in [9.17, 15) is 18.7 Å². The van der Waals surface area contributed by atoms with Crippen LogP contribution in [0.3, 0.4) is 0 Å². The highest BCUT2D eigenvalue weighted by molar-refractivity contribution is 5.94. The molecule has 5 heteroatoms. The summed E-state index contributed by atoms with van der Waals surface area (Å²) in [6.45, 7) is -0.0559. The summed E-state index contributed by atoms with van der Waals surface area (Å²) in [5.41, 5.74) is 0.388. The predicted molar refractivity (Wildman–Crippen MR) is 70.1 cm³/mol. The van der Waals surface area contributed by atoms with Crippen molar-refractivity contribution in [2.45, 2.75) is 6.10 Å². The normalized spacial score (nSPS) is 11.9. The Morgan fingerprint density at radius 1 is 1.15 bits per heavy atom. The van der Waals surface area contributed by atoms with Crippen LogP contribution in [0.1, 0.15) is 22.0 Å².